The van der Waals surface area contributed by atoms with Crippen LogP contribution in [0.1, 0.15) is 15.2 Å². The van der Waals surface area contributed by atoms with E-state index in [0.29, 0.717) is 10.6 Å². The smallest absolute Gasteiger partial charge is 0.329 e. The SMILES string of the molecule is O=C(COC(=O)[C@@H](Cc1c[nH]c2ccccc12)NC(=O)c1cccs1)Nc1cccc2ccccc12. The van der Waals surface area contributed by atoms with Gasteiger partial charge in [-0.1, -0.05) is 60.7 Å². The number of esters is 1. The molecule has 0 radical (unpaired) electrons. The maximum atomic E-state index is 13.1. The summed E-state index contributed by atoms with van der Waals surface area (Å²) in [5.41, 5.74) is 2.42. The first-order chi connectivity index (χ1) is 17.6. The number of para-hydroxylation sites is 1. The number of ether oxygens (including phenoxy) is 1. The fourth-order valence-corrected chi connectivity index (χ4v) is 4.74. The van der Waals surface area contributed by atoms with E-state index >= 15 is 0 Å². The summed E-state index contributed by atoms with van der Waals surface area (Å²) in [6.07, 6.45) is 2.03. The first-order valence-electron chi connectivity index (χ1n) is 11.4. The van der Waals surface area contributed by atoms with Crippen LogP contribution in [0.15, 0.2) is 90.4 Å². The minimum absolute atomic E-state index is 0.213. The number of carbonyl (C=O) groups excluding carboxylic acids is 3. The number of aromatic amines is 1. The molecule has 0 saturated carbocycles. The average molecular weight is 498 g/mol. The Morgan fingerprint density at radius 1 is 0.889 bits per heavy atom. The molecule has 180 valence electrons. The van der Waals surface area contributed by atoms with Crippen molar-refractivity contribution in [3.8, 4) is 0 Å². The number of hydrogen-bond acceptors (Lipinski definition) is 5. The van der Waals surface area contributed by atoms with Gasteiger partial charge >= 0.3 is 5.97 Å². The second-order valence-electron chi connectivity index (χ2n) is 8.25. The topological polar surface area (TPSA) is 100 Å². The second-order valence-corrected chi connectivity index (χ2v) is 9.20. The third-order valence-corrected chi connectivity index (χ3v) is 6.71. The van der Waals surface area contributed by atoms with E-state index in [1.54, 1.807) is 23.6 Å². The van der Waals surface area contributed by atoms with Crippen molar-refractivity contribution < 1.29 is 19.1 Å². The molecule has 0 aliphatic carbocycles. The molecule has 0 spiro atoms. The van der Waals surface area contributed by atoms with Gasteiger partial charge in [0.2, 0.25) is 0 Å². The number of H-pyrrole nitrogens is 1. The van der Waals surface area contributed by atoms with Crippen LogP contribution in [0.2, 0.25) is 0 Å². The first-order valence-corrected chi connectivity index (χ1v) is 12.3. The molecule has 36 heavy (non-hydrogen) atoms. The molecule has 5 rings (SSSR count). The van der Waals surface area contributed by atoms with Gasteiger partial charge in [-0.15, -0.1) is 11.3 Å². The predicted molar refractivity (Wildman–Crippen MR) is 141 cm³/mol. The summed E-state index contributed by atoms with van der Waals surface area (Å²) in [6.45, 7) is -0.471. The highest BCUT2D eigenvalue weighted by Gasteiger charge is 2.25. The van der Waals surface area contributed by atoms with Crippen LogP contribution in [0.3, 0.4) is 0 Å². The molecule has 0 saturated heterocycles. The Balaban J connectivity index is 1.29. The van der Waals surface area contributed by atoms with Gasteiger partial charge in [0.1, 0.15) is 6.04 Å². The largest absolute Gasteiger partial charge is 0.454 e. The van der Waals surface area contributed by atoms with Crippen LogP contribution in [0.25, 0.3) is 21.7 Å². The fourth-order valence-electron chi connectivity index (χ4n) is 4.11. The van der Waals surface area contributed by atoms with E-state index in [1.165, 1.54) is 11.3 Å². The standard InChI is InChI=1S/C28H23N3O4S/c32-26(30-23-12-5-8-18-7-1-2-9-20(18)23)17-35-28(34)24(31-27(33)25-13-6-14-36-25)15-19-16-29-22-11-4-3-10-21(19)22/h1-14,16,24,29H,15,17H2,(H,30,32)(H,31,33)/t24-/m1/s1. The minimum atomic E-state index is -0.968. The average Bonchev–Trinajstić information content (AvgIpc) is 3.58. The van der Waals surface area contributed by atoms with Crippen molar-refractivity contribution in [2.24, 2.45) is 0 Å². The quantitative estimate of drug-likeness (QED) is 0.265. The molecular weight excluding hydrogens is 474 g/mol. The van der Waals surface area contributed by atoms with Crippen LogP contribution in [0.5, 0.6) is 0 Å². The Morgan fingerprint density at radius 2 is 1.67 bits per heavy atom. The van der Waals surface area contributed by atoms with Gasteiger partial charge in [-0.05, 0) is 34.5 Å². The van der Waals surface area contributed by atoms with Crippen LogP contribution >= 0.6 is 11.3 Å². The molecule has 0 bridgehead atoms. The Kier molecular flexibility index (Phi) is 6.77. The molecule has 0 unspecified atom stereocenters. The number of nitrogens with one attached hydrogen (secondary N) is 3. The van der Waals surface area contributed by atoms with Crippen molar-refractivity contribution in [1.82, 2.24) is 10.3 Å². The summed E-state index contributed by atoms with van der Waals surface area (Å²) in [5.74, 6) is -1.51. The van der Waals surface area contributed by atoms with Gasteiger partial charge in [-0.3, -0.25) is 9.59 Å². The molecule has 2 heterocycles. The van der Waals surface area contributed by atoms with Gasteiger partial charge in [-0.2, -0.15) is 0 Å². The highest BCUT2D eigenvalue weighted by Crippen LogP contribution is 2.23. The van der Waals surface area contributed by atoms with Crippen LogP contribution in [0.4, 0.5) is 5.69 Å². The lowest BCUT2D eigenvalue weighted by atomic mass is 10.0. The molecule has 3 aromatic carbocycles. The van der Waals surface area contributed by atoms with E-state index in [9.17, 15) is 14.4 Å². The van der Waals surface area contributed by atoms with E-state index in [1.807, 2.05) is 66.9 Å². The molecule has 1 atom stereocenters. The molecular formula is C28H23N3O4S. The number of benzene rings is 3. The van der Waals surface area contributed by atoms with Crippen LogP contribution in [-0.2, 0) is 20.7 Å². The number of rotatable bonds is 8. The number of anilines is 1. The van der Waals surface area contributed by atoms with Crippen molar-refractivity contribution >= 4 is 56.5 Å². The summed E-state index contributed by atoms with van der Waals surface area (Å²) in [6, 6.07) is 23.5. The van der Waals surface area contributed by atoms with Crippen LogP contribution in [0, 0.1) is 0 Å². The molecule has 8 heteroatoms. The Bertz CT molecular complexity index is 1540. The fraction of sp³-hybridized carbons (Fsp3) is 0.107. The molecule has 0 aliphatic heterocycles. The second kappa shape index (κ2) is 10.5. The van der Waals surface area contributed by atoms with E-state index in [2.05, 4.69) is 15.6 Å². The van der Waals surface area contributed by atoms with Gasteiger partial charge in [0.15, 0.2) is 6.61 Å². The third-order valence-electron chi connectivity index (χ3n) is 5.84. The van der Waals surface area contributed by atoms with Gasteiger partial charge < -0.3 is 20.4 Å². The number of amides is 2. The van der Waals surface area contributed by atoms with Gasteiger partial charge in [0.25, 0.3) is 11.8 Å². The number of thiophene rings is 1. The molecule has 2 aromatic heterocycles. The summed E-state index contributed by atoms with van der Waals surface area (Å²) in [5, 5.41) is 10.2. The van der Waals surface area contributed by atoms with E-state index in [4.69, 9.17) is 4.74 Å². The van der Waals surface area contributed by atoms with E-state index in [0.717, 1.165) is 27.2 Å². The van der Waals surface area contributed by atoms with Crippen molar-refractivity contribution in [2.45, 2.75) is 12.5 Å². The maximum Gasteiger partial charge on any atom is 0.329 e. The number of aromatic nitrogens is 1. The van der Waals surface area contributed by atoms with Crippen molar-refractivity contribution in [2.75, 3.05) is 11.9 Å². The molecule has 0 fully saturated rings. The highest BCUT2D eigenvalue weighted by molar-refractivity contribution is 7.12. The normalized spacial score (nSPS) is 11.8. The predicted octanol–water partition coefficient (Wildman–Crippen LogP) is 4.91. The lowest BCUT2D eigenvalue weighted by Crippen LogP contribution is -2.43. The maximum absolute atomic E-state index is 13.1. The molecule has 5 aromatic rings. The van der Waals surface area contributed by atoms with E-state index < -0.39 is 24.5 Å². The lowest BCUT2D eigenvalue weighted by molar-refractivity contribution is -0.149. The van der Waals surface area contributed by atoms with Crippen molar-refractivity contribution in [1.29, 1.82) is 0 Å². The Morgan fingerprint density at radius 3 is 2.50 bits per heavy atom. The molecule has 7 nitrogen and oxygen atoms in total. The number of hydrogen-bond donors (Lipinski definition) is 3. The highest BCUT2D eigenvalue weighted by atomic mass is 32.1. The number of fused-ring (bicyclic) bond motifs is 2. The monoisotopic (exact) mass is 497 g/mol. The van der Waals surface area contributed by atoms with Crippen LogP contribution < -0.4 is 10.6 Å². The Hall–Kier alpha value is -4.43. The zero-order chi connectivity index (χ0) is 24.9. The van der Waals surface area contributed by atoms with Gasteiger partial charge in [0, 0.05) is 34.6 Å². The summed E-state index contributed by atoms with van der Waals surface area (Å²) in [4.78, 5) is 42.0. The zero-order valence-corrected chi connectivity index (χ0v) is 20.0. The molecule has 2 amide bonds. The molecule has 3 N–H and O–H groups in total. The summed E-state index contributed by atoms with van der Waals surface area (Å²) >= 11 is 1.28. The van der Waals surface area contributed by atoms with Crippen LogP contribution in [-0.4, -0.2) is 35.4 Å². The summed E-state index contributed by atoms with van der Waals surface area (Å²) in [7, 11) is 0. The van der Waals surface area contributed by atoms with E-state index in [-0.39, 0.29) is 12.3 Å². The number of carbonyl (C=O) groups is 3. The zero-order valence-electron chi connectivity index (χ0n) is 19.2. The van der Waals surface area contributed by atoms with Crippen molar-refractivity contribution in [3.63, 3.8) is 0 Å². The molecule has 0 aliphatic rings. The Labute approximate surface area is 211 Å². The van der Waals surface area contributed by atoms with Gasteiger partial charge in [-0.25, -0.2) is 4.79 Å². The third kappa shape index (κ3) is 5.13. The first kappa shape index (κ1) is 23.3. The minimum Gasteiger partial charge on any atom is -0.454 e. The van der Waals surface area contributed by atoms with Gasteiger partial charge in [0.05, 0.1) is 4.88 Å². The summed E-state index contributed by atoms with van der Waals surface area (Å²) < 4.78 is 5.36. The van der Waals surface area contributed by atoms with Crippen molar-refractivity contribution in [3.05, 3.63) is 101 Å². The lowest BCUT2D eigenvalue weighted by Gasteiger charge is -2.17.